The fourth-order valence-electron chi connectivity index (χ4n) is 1.40. The molecular weight excluding hydrogens is 278 g/mol. The quantitative estimate of drug-likeness (QED) is 0.653. The molecule has 0 aliphatic carbocycles. The van der Waals surface area contributed by atoms with Crippen LogP contribution in [-0.2, 0) is 15.0 Å². The molecule has 17 heavy (non-hydrogen) atoms. The molecule has 0 atom stereocenters. The molecule has 1 aliphatic rings. The van der Waals surface area contributed by atoms with Crippen LogP contribution in [0.25, 0.3) is 0 Å². The van der Waals surface area contributed by atoms with Gasteiger partial charge in [-0.05, 0) is 12.1 Å². The average Bonchev–Trinajstić information content (AvgIpc) is 2.39. The van der Waals surface area contributed by atoms with Gasteiger partial charge in [-0.3, -0.25) is 4.79 Å². The molecule has 1 heterocycles. The van der Waals surface area contributed by atoms with Gasteiger partial charge in [-0.25, -0.2) is 13.4 Å². The first-order valence-corrected chi connectivity index (χ1v) is 5.66. The summed E-state index contributed by atoms with van der Waals surface area (Å²) in [5.74, 6) is -2.23. The zero-order chi connectivity index (χ0) is 11.9. The maximum atomic E-state index is 13.4. The topological polar surface area (TPSA) is 86.7 Å². The number of phenolic OH excluding ortho intramolecular Hbond substituents is 1. The average molecular weight is 286 g/mol. The van der Waals surface area contributed by atoms with Crippen molar-refractivity contribution in [1.82, 2.24) is 4.72 Å². The predicted octanol–water partition coefficient (Wildman–Crippen LogP) is -0.936. The monoisotopic (exact) mass is 286 g/mol. The Morgan fingerprint density at radius 1 is 1.41 bits per heavy atom. The van der Waals surface area contributed by atoms with Gasteiger partial charge in [-0.1, -0.05) is 6.07 Å². The molecule has 9 heteroatoms. The number of carbonyl (C=O) groups is 1. The van der Waals surface area contributed by atoms with E-state index in [4.69, 9.17) is 0 Å². The van der Waals surface area contributed by atoms with Crippen molar-refractivity contribution in [3.05, 3.63) is 24.0 Å². The Labute approximate surface area is 139 Å². The number of benzene rings is 1. The van der Waals surface area contributed by atoms with Gasteiger partial charge < -0.3 is 5.11 Å². The van der Waals surface area contributed by atoms with Crippen LogP contribution in [0.2, 0.25) is 0 Å². The number of halogens is 1. The molecule has 1 fully saturated rings. The molecule has 0 radical (unpaired) electrons. The molecule has 1 aromatic carbocycles. The standard InChI is InChI=1S/C8H7FN2O4S.K.H/c9-5-2-1-3-6(12)8(5)11-4-7(13)10-16(11,14)15;;/h1-3,12H,4H2,(H,10,13);;. The Balaban J connectivity index is 0.00000144. The SMILES string of the molecule is O=C1CN(c2c(O)cccc2F)S(=O)(=O)N1.[KH]. The Bertz CT molecular complexity index is 542. The molecule has 0 aromatic heterocycles. The Morgan fingerprint density at radius 3 is 2.53 bits per heavy atom. The predicted molar refractivity (Wildman–Crippen MR) is 59.6 cm³/mol. The van der Waals surface area contributed by atoms with Crippen molar-refractivity contribution in [2.75, 3.05) is 10.8 Å². The molecule has 1 aliphatic heterocycles. The summed E-state index contributed by atoms with van der Waals surface area (Å²) in [6, 6.07) is 3.36. The molecule has 0 saturated carbocycles. The van der Waals surface area contributed by atoms with Crippen LogP contribution in [0.3, 0.4) is 0 Å². The summed E-state index contributed by atoms with van der Waals surface area (Å²) in [6.07, 6.45) is 0. The molecule has 1 aromatic rings. The fourth-order valence-corrected chi connectivity index (χ4v) is 2.57. The normalized spacial score (nSPS) is 17.5. The summed E-state index contributed by atoms with van der Waals surface area (Å²) in [7, 11) is -4.10. The zero-order valence-corrected chi connectivity index (χ0v) is 8.66. The van der Waals surface area contributed by atoms with Crippen LogP contribution >= 0.6 is 0 Å². The van der Waals surface area contributed by atoms with Crippen LogP contribution in [0.1, 0.15) is 0 Å². The number of nitrogens with zero attached hydrogens (tertiary/aromatic N) is 1. The Morgan fingerprint density at radius 2 is 2.06 bits per heavy atom. The van der Waals surface area contributed by atoms with E-state index in [0.717, 1.165) is 12.1 Å². The van der Waals surface area contributed by atoms with E-state index >= 15 is 0 Å². The molecule has 2 N–H and O–H groups in total. The van der Waals surface area contributed by atoms with Crippen LogP contribution in [-0.4, -0.2) is 77.4 Å². The molecule has 0 unspecified atom stereocenters. The third kappa shape index (κ3) is 2.80. The Kier molecular flexibility index (Phi) is 4.55. The third-order valence-electron chi connectivity index (χ3n) is 2.04. The summed E-state index contributed by atoms with van der Waals surface area (Å²) in [5, 5.41) is 9.39. The number of para-hydroxylation sites is 1. The second-order valence-electron chi connectivity index (χ2n) is 3.14. The zero-order valence-electron chi connectivity index (χ0n) is 7.84. The summed E-state index contributed by atoms with van der Waals surface area (Å²) in [4.78, 5) is 10.9. The van der Waals surface area contributed by atoms with Crippen molar-refractivity contribution in [3.63, 3.8) is 0 Å². The van der Waals surface area contributed by atoms with Crippen molar-refractivity contribution in [1.29, 1.82) is 0 Å². The molecule has 88 valence electrons. The second-order valence-corrected chi connectivity index (χ2v) is 4.74. The van der Waals surface area contributed by atoms with E-state index in [2.05, 4.69) is 0 Å². The van der Waals surface area contributed by atoms with Crippen molar-refractivity contribution >= 4 is 73.2 Å². The van der Waals surface area contributed by atoms with E-state index in [1.54, 1.807) is 4.72 Å². The van der Waals surface area contributed by atoms with Crippen LogP contribution in [0.15, 0.2) is 18.2 Å². The van der Waals surface area contributed by atoms with Gasteiger partial charge in [0.25, 0.3) is 5.91 Å². The summed E-state index contributed by atoms with van der Waals surface area (Å²) in [5.41, 5.74) is -0.527. The fraction of sp³-hybridized carbons (Fsp3) is 0.125. The maximum absolute atomic E-state index is 13.4. The van der Waals surface area contributed by atoms with Gasteiger partial charge in [0, 0.05) is 0 Å². The van der Waals surface area contributed by atoms with Gasteiger partial charge in [0.05, 0.1) is 0 Å². The van der Waals surface area contributed by atoms with Crippen molar-refractivity contribution in [3.8, 4) is 5.75 Å². The van der Waals surface area contributed by atoms with Gasteiger partial charge in [0.1, 0.15) is 18.0 Å². The summed E-state index contributed by atoms with van der Waals surface area (Å²) in [6.45, 7) is -0.545. The van der Waals surface area contributed by atoms with Gasteiger partial charge in [0.15, 0.2) is 5.82 Å². The summed E-state index contributed by atoms with van der Waals surface area (Å²) < 4.78 is 38.3. The van der Waals surface area contributed by atoms with Crippen LogP contribution in [0.4, 0.5) is 10.1 Å². The number of anilines is 1. The van der Waals surface area contributed by atoms with E-state index in [-0.39, 0.29) is 51.4 Å². The van der Waals surface area contributed by atoms with Gasteiger partial charge in [-0.15, -0.1) is 0 Å². The Hall–Kier alpha value is -0.194. The molecule has 0 spiro atoms. The minimum atomic E-state index is -4.10. The number of nitrogens with one attached hydrogen (secondary N) is 1. The van der Waals surface area contributed by atoms with E-state index in [0.29, 0.717) is 4.31 Å². The van der Waals surface area contributed by atoms with Gasteiger partial charge in [-0.2, -0.15) is 8.42 Å². The molecule has 0 bridgehead atoms. The van der Waals surface area contributed by atoms with Crippen molar-refractivity contribution in [2.45, 2.75) is 0 Å². The van der Waals surface area contributed by atoms with Crippen LogP contribution < -0.4 is 9.03 Å². The number of phenols is 1. The van der Waals surface area contributed by atoms with E-state index in [9.17, 15) is 22.7 Å². The number of hydrogen-bond donors (Lipinski definition) is 2. The van der Waals surface area contributed by atoms with E-state index in [1.807, 2.05) is 0 Å². The molecule has 1 amide bonds. The first-order valence-electron chi connectivity index (χ1n) is 4.22. The molecule has 1 saturated heterocycles. The first-order chi connectivity index (χ1) is 7.42. The second kappa shape index (κ2) is 5.20. The van der Waals surface area contributed by atoms with Crippen LogP contribution in [0, 0.1) is 5.82 Å². The summed E-state index contributed by atoms with van der Waals surface area (Å²) >= 11 is 0. The number of aromatic hydroxyl groups is 1. The molecule has 2 rings (SSSR count). The minimum absolute atomic E-state index is 0. The van der Waals surface area contributed by atoms with Gasteiger partial charge >= 0.3 is 61.6 Å². The number of amides is 1. The van der Waals surface area contributed by atoms with Crippen molar-refractivity contribution < 1.29 is 22.7 Å². The molecule has 6 nitrogen and oxygen atoms in total. The first kappa shape index (κ1) is 14.9. The number of hydrogen-bond acceptors (Lipinski definition) is 4. The van der Waals surface area contributed by atoms with E-state index in [1.165, 1.54) is 6.07 Å². The van der Waals surface area contributed by atoms with Crippen LogP contribution in [0.5, 0.6) is 5.75 Å². The van der Waals surface area contributed by atoms with E-state index < -0.39 is 39.9 Å². The number of carbonyl (C=O) groups excluding carboxylic acids is 1. The number of rotatable bonds is 1. The third-order valence-corrected chi connectivity index (χ3v) is 3.41. The molecular formula is C8H8FKN2O4S. The van der Waals surface area contributed by atoms with Crippen molar-refractivity contribution in [2.24, 2.45) is 0 Å². The van der Waals surface area contributed by atoms with Gasteiger partial charge in [0.2, 0.25) is 0 Å².